The number of carbonyl (C=O) groups excluding carboxylic acids is 1. The van der Waals surface area contributed by atoms with Crippen molar-refractivity contribution in [1.29, 1.82) is 0 Å². The number of nitrogens with two attached hydrogens (primary N) is 1. The van der Waals surface area contributed by atoms with Gasteiger partial charge in [-0.15, -0.1) is 26.3 Å². The van der Waals surface area contributed by atoms with Crippen molar-refractivity contribution in [3.8, 4) is 11.5 Å². The zero-order chi connectivity index (χ0) is 21.2. The molecule has 2 aromatic rings. The van der Waals surface area contributed by atoms with E-state index in [0.717, 1.165) is 24.3 Å². The molecule has 0 unspecified atom stereocenters. The fraction of sp³-hybridized carbons (Fsp3) is 0.278. The predicted octanol–water partition coefficient (Wildman–Crippen LogP) is 4.67. The lowest BCUT2D eigenvalue weighted by atomic mass is 9.80. The molecule has 0 radical (unpaired) electrons. The highest BCUT2D eigenvalue weighted by molar-refractivity contribution is 5.78. The molecule has 0 heterocycles. The summed E-state index contributed by atoms with van der Waals surface area (Å²) in [5.74, 6) is -1.58. The molecule has 0 aliphatic carbocycles. The van der Waals surface area contributed by atoms with Gasteiger partial charge in [0.05, 0.1) is 5.54 Å². The summed E-state index contributed by atoms with van der Waals surface area (Å²) in [5, 5.41) is 0. The molecule has 0 aliphatic heterocycles. The quantitative estimate of drug-likeness (QED) is 0.708. The zero-order valence-corrected chi connectivity index (χ0v) is 14.4. The minimum Gasteiger partial charge on any atom is -0.406 e. The summed E-state index contributed by atoms with van der Waals surface area (Å²) in [6.45, 7) is 1.20. The van der Waals surface area contributed by atoms with Crippen molar-refractivity contribution in [2.45, 2.75) is 31.6 Å². The first-order valence-corrected chi connectivity index (χ1v) is 7.79. The zero-order valence-electron chi connectivity index (χ0n) is 14.4. The van der Waals surface area contributed by atoms with Crippen molar-refractivity contribution >= 4 is 5.78 Å². The van der Waals surface area contributed by atoms with Gasteiger partial charge in [-0.25, -0.2) is 0 Å². The molecule has 0 aliphatic rings. The van der Waals surface area contributed by atoms with E-state index in [1.807, 2.05) is 0 Å². The highest BCUT2D eigenvalue weighted by Gasteiger charge is 2.36. The maximum atomic E-state index is 12.5. The van der Waals surface area contributed by atoms with Gasteiger partial charge in [0.15, 0.2) is 0 Å². The summed E-state index contributed by atoms with van der Waals surface area (Å²) >= 11 is 0. The molecule has 0 aromatic heterocycles. The molecule has 2 N–H and O–H groups in total. The van der Waals surface area contributed by atoms with Crippen LogP contribution < -0.4 is 15.2 Å². The number of hydrogen-bond donors (Lipinski definition) is 1. The summed E-state index contributed by atoms with van der Waals surface area (Å²) < 4.78 is 82.6. The van der Waals surface area contributed by atoms with E-state index in [-0.39, 0.29) is 17.5 Å². The Morgan fingerprint density at radius 2 is 1.25 bits per heavy atom. The Labute approximate surface area is 155 Å². The maximum Gasteiger partial charge on any atom is 0.573 e. The van der Waals surface area contributed by atoms with E-state index in [1.165, 1.54) is 31.2 Å². The standard InChI is InChI=1S/C18H15F6NO3/c1-11(26)10-16(25,12-4-2-6-14(8-12)27-17(19,20)21)13-5-3-7-15(9-13)28-18(22,23)24/h2-9H,10,25H2,1H3. The number of carbonyl (C=O) groups is 1. The fourth-order valence-corrected chi connectivity index (χ4v) is 2.70. The number of rotatable bonds is 6. The second kappa shape index (κ2) is 7.70. The van der Waals surface area contributed by atoms with Gasteiger partial charge in [0, 0.05) is 6.42 Å². The number of ketones is 1. The van der Waals surface area contributed by atoms with E-state index < -0.39 is 35.5 Å². The van der Waals surface area contributed by atoms with E-state index >= 15 is 0 Å². The first kappa shape index (κ1) is 21.5. The van der Waals surface area contributed by atoms with Gasteiger partial charge in [-0.1, -0.05) is 24.3 Å². The van der Waals surface area contributed by atoms with Crippen LogP contribution in [0.4, 0.5) is 26.3 Å². The molecule has 0 saturated heterocycles. The molecular weight excluding hydrogens is 392 g/mol. The third-order valence-corrected chi connectivity index (χ3v) is 3.69. The Hall–Kier alpha value is -2.75. The first-order valence-electron chi connectivity index (χ1n) is 7.79. The second-order valence-electron chi connectivity index (χ2n) is 6.00. The van der Waals surface area contributed by atoms with Crippen molar-refractivity contribution in [1.82, 2.24) is 0 Å². The number of ether oxygens (including phenoxy) is 2. The number of hydrogen-bond acceptors (Lipinski definition) is 4. The number of halogens is 6. The summed E-state index contributed by atoms with van der Waals surface area (Å²) in [6, 6.07) is 9.19. The smallest absolute Gasteiger partial charge is 0.406 e. The lowest BCUT2D eigenvalue weighted by Crippen LogP contribution is -2.40. The van der Waals surface area contributed by atoms with Gasteiger partial charge < -0.3 is 15.2 Å². The van der Waals surface area contributed by atoms with Crippen LogP contribution in [0.15, 0.2) is 48.5 Å². The molecule has 0 bridgehead atoms. The molecular formula is C18H15F6NO3. The molecule has 2 aromatic carbocycles. The van der Waals surface area contributed by atoms with Crippen LogP contribution >= 0.6 is 0 Å². The number of benzene rings is 2. The number of Topliss-reactive ketones (excluding diaryl/α,β-unsaturated/α-hetero) is 1. The average Bonchev–Trinajstić information content (AvgIpc) is 2.51. The minimum absolute atomic E-state index is 0.0496. The summed E-state index contributed by atoms with van der Waals surface area (Å²) in [5.41, 5.74) is 4.71. The van der Waals surface area contributed by atoms with Crippen LogP contribution in [0.2, 0.25) is 0 Å². The molecule has 4 nitrogen and oxygen atoms in total. The molecule has 0 saturated carbocycles. The lowest BCUT2D eigenvalue weighted by Gasteiger charge is -2.30. The van der Waals surface area contributed by atoms with Crippen LogP contribution in [-0.4, -0.2) is 18.5 Å². The topological polar surface area (TPSA) is 61.6 Å². The average molecular weight is 407 g/mol. The van der Waals surface area contributed by atoms with Gasteiger partial charge in [-0.05, 0) is 42.3 Å². The van der Waals surface area contributed by atoms with E-state index in [9.17, 15) is 31.1 Å². The van der Waals surface area contributed by atoms with Crippen molar-refractivity contribution < 1.29 is 40.6 Å². The van der Waals surface area contributed by atoms with Crippen molar-refractivity contribution in [3.05, 3.63) is 59.7 Å². The molecule has 0 spiro atoms. The fourth-order valence-electron chi connectivity index (χ4n) is 2.70. The summed E-state index contributed by atoms with van der Waals surface area (Å²) in [7, 11) is 0. The van der Waals surface area contributed by atoms with Gasteiger partial charge in [0.25, 0.3) is 0 Å². The van der Waals surface area contributed by atoms with E-state index in [4.69, 9.17) is 5.73 Å². The van der Waals surface area contributed by atoms with E-state index in [1.54, 1.807) is 0 Å². The lowest BCUT2D eigenvalue weighted by molar-refractivity contribution is -0.275. The van der Waals surface area contributed by atoms with Crippen molar-refractivity contribution in [3.63, 3.8) is 0 Å². The molecule has 0 atom stereocenters. The Morgan fingerprint density at radius 1 is 0.857 bits per heavy atom. The van der Waals surface area contributed by atoms with E-state index in [2.05, 4.69) is 9.47 Å². The van der Waals surface area contributed by atoms with E-state index in [0.29, 0.717) is 0 Å². The molecule has 10 heteroatoms. The van der Waals surface area contributed by atoms with Gasteiger partial charge in [-0.3, -0.25) is 4.79 Å². The first-order chi connectivity index (χ1) is 12.8. The number of alkyl halides is 6. The van der Waals surface area contributed by atoms with Crippen LogP contribution in [0.25, 0.3) is 0 Å². The summed E-state index contributed by atoms with van der Waals surface area (Å²) in [6.07, 6.45) is -10.3. The third kappa shape index (κ3) is 5.88. The van der Waals surface area contributed by atoms with Crippen LogP contribution in [-0.2, 0) is 10.3 Å². The predicted molar refractivity (Wildman–Crippen MR) is 86.5 cm³/mol. The molecule has 2 rings (SSSR count). The van der Waals surface area contributed by atoms with Gasteiger partial charge in [0.1, 0.15) is 17.3 Å². The Bertz CT molecular complexity index is 788. The highest BCUT2D eigenvalue weighted by Crippen LogP contribution is 2.36. The van der Waals surface area contributed by atoms with Crippen molar-refractivity contribution in [2.24, 2.45) is 5.73 Å². The van der Waals surface area contributed by atoms with Crippen LogP contribution in [0, 0.1) is 0 Å². The Morgan fingerprint density at radius 3 is 1.57 bits per heavy atom. The molecule has 152 valence electrons. The van der Waals surface area contributed by atoms with Crippen LogP contribution in [0.1, 0.15) is 24.5 Å². The second-order valence-corrected chi connectivity index (χ2v) is 6.00. The molecule has 0 fully saturated rings. The largest absolute Gasteiger partial charge is 0.573 e. The van der Waals surface area contributed by atoms with Crippen molar-refractivity contribution in [2.75, 3.05) is 0 Å². The van der Waals surface area contributed by atoms with Crippen LogP contribution in [0.5, 0.6) is 11.5 Å². The van der Waals surface area contributed by atoms with Gasteiger partial charge in [0.2, 0.25) is 0 Å². The molecule has 0 amide bonds. The SMILES string of the molecule is CC(=O)CC(N)(c1cccc(OC(F)(F)F)c1)c1cccc(OC(F)(F)F)c1. The Balaban J connectivity index is 2.52. The highest BCUT2D eigenvalue weighted by atomic mass is 19.4. The van der Waals surface area contributed by atoms with Gasteiger partial charge in [-0.2, -0.15) is 0 Å². The normalized spacial score (nSPS) is 12.6. The Kier molecular flexibility index (Phi) is 5.93. The minimum atomic E-state index is -4.95. The van der Waals surface area contributed by atoms with Gasteiger partial charge >= 0.3 is 12.7 Å². The maximum absolute atomic E-state index is 12.5. The third-order valence-electron chi connectivity index (χ3n) is 3.69. The monoisotopic (exact) mass is 407 g/mol. The van der Waals surface area contributed by atoms with Crippen LogP contribution in [0.3, 0.4) is 0 Å². The summed E-state index contributed by atoms with van der Waals surface area (Å²) in [4.78, 5) is 11.7. The molecule has 28 heavy (non-hydrogen) atoms.